The highest BCUT2D eigenvalue weighted by molar-refractivity contribution is 6.11. The summed E-state index contributed by atoms with van der Waals surface area (Å²) in [6.07, 6.45) is 3.00. The molecule has 7 heteroatoms. The monoisotopic (exact) mass is 352 g/mol. The molecule has 1 amide bonds. The fourth-order valence-corrected chi connectivity index (χ4v) is 2.73. The number of carboxylic acid groups (broad SMARTS) is 1. The average Bonchev–Trinajstić information content (AvgIpc) is 2.97. The van der Waals surface area contributed by atoms with Gasteiger partial charge in [0.05, 0.1) is 0 Å². The number of furan rings is 1. The summed E-state index contributed by atoms with van der Waals surface area (Å²) < 4.78 is 5.73. The number of amides is 1. The molecule has 2 heterocycles. The minimum Gasteiger partial charge on any atom is -0.481 e. The van der Waals surface area contributed by atoms with Gasteiger partial charge in [0, 0.05) is 47.9 Å². The third-order valence-corrected chi connectivity index (χ3v) is 3.85. The second kappa shape index (κ2) is 7.18. The quantitative estimate of drug-likeness (QED) is 0.660. The minimum absolute atomic E-state index is 0.104. The van der Waals surface area contributed by atoms with Gasteiger partial charge in [-0.3, -0.25) is 19.4 Å². The van der Waals surface area contributed by atoms with Crippen LogP contribution in [0.4, 0.5) is 5.69 Å². The van der Waals surface area contributed by atoms with E-state index in [4.69, 9.17) is 9.52 Å². The lowest BCUT2D eigenvalue weighted by Crippen LogP contribution is -2.06. The van der Waals surface area contributed by atoms with Crippen LogP contribution in [0.2, 0.25) is 0 Å². The van der Waals surface area contributed by atoms with Crippen molar-refractivity contribution in [1.29, 1.82) is 0 Å². The lowest BCUT2D eigenvalue weighted by atomic mass is 10.0. The van der Waals surface area contributed by atoms with Crippen molar-refractivity contribution in [3.05, 3.63) is 59.6 Å². The highest BCUT2D eigenvalue weighted by atomic mass is 16.4. The van der Waals surface area contributed by atoms with Gasteiger partial charge in [-0.2, -0.15) is 0 Å². The first-order chi connectivity index (χ1) is 12.5. The second-order valence-electron chi connectivity index (χ2n) is 5.76. The van der Waals surface area contributed by atoms with Gasteiger partial charge >= 0.3 is 5.97 Å². The van der Waals surface area contributed by atoms with Crippen LogP contribution in [0.5, 0.6) is 0 Å². The maximum absolute atomic E-state index is 12.8. The first kappa shape index (κ1) is 17.3. The standard InChI is InChI=1S/C19H16N2O5/c1-11(22)21-13-2-4-16-15(10-13)14(3-5-17(23)24)19(26-16)18(25)12-6-8-20-9-7-12/h2,4,6-10H,3,5H2,1H3,(H,21,22)(H,23,24). The zero-order valence-electron chi connectivity index (χ0n) is 14.0. The SMILES string of the molecule is CC(=O)Nc1ccc2oc(C(=O)c3ccncc3)c(CCC(=O)O)c2c1. The van der Waals surface area contributed by atoms with Gasteiger partial charge in [0.1, 0.15) is 5.58 Å². The maximum Gasteiger partial charge on any atom is 0.303 e. The van der Waals surface area contributed by atoms with Crippen molar-refractivity contribution in [3.63, 3.8) is 0 Å². The number of nitrogens with one attached hydrogen (secondary N) is 1. The van der Waals surface area contributed by atoms with Crippen LogP contribution in [0, 0.1) is 0 Å². The Morgan fingerprint density at radius 3 is 2.54 bits per heavy atom. The first-order valence-corrected chi connectivity index (χ1v) is 7.95. The Morgan fingerprint density at radius 2 is 1.88 bits per heavy atom. The number of carboxylic acids is 1. The fraction of sp³-hybridized carbons (Fsp3) is 0.158. The Kier molecular flexibility index (Phi) is 4.79. The Bertz CT molecular complexity index is 992. The number of hydrogen-bond donors (Lipinski definition) is 2. The summed E-state index contributed by atoms with van der Waals surface area (Å²) in [5.74, 6) is -1.44. The van der Waals surface area contributed by atoms with Gasteiger partial charge in [0.25, 0.3) is 0 Å². The summed E-state index contributed by atoms with van der Waals surface area (Å²) in [7, 11) is 0. The number of carbonyl (C=O) groups excluding carboxylic acids is 2. The van der Waals surface area contributed by atoms with Crippen LogP contribution in [0.1, 0.15) is 35.0 Å². The van der Waals surface area contributed by atoms with E-state index in [9.17, 15) is 14.4 Å². The second-order valence-corrected chi connectivity index (χ2v) is 5.76. The number of nitrogens with zero attached hydrogens (tertiary/aromatic N) is 1. The van der Waals surface area contributed by atoms with Gasteiger partial charge in [-0.05, 0) is 36.8 Å². The summed E-state index contributed by atoms with van der Waals surface area (Å²) >= 11 is 0. The Morgan fingerprint density at radius 1 is 1.15 bits per heavy atom. The predicted octanol–water partition coefficient (Wildman–Crippen LogP) is 3.03. The van der Waals surface area contributed by atoms with Crippen molar-refractivity contribution in [2.45, 2.75) is 19.8 Å². The number of aromatic nitrogens is 1. The van der Waals surface area contributed by atoms with Gasteiger partial charge < -0.3 is 14.8 Å². The molecule has 0 atom stereocenters. The van der Waals surface area contributed by atoms with E-state index in [-0.39, 0.29) is 30.3 Å². The number of carbonyl (C=O) groups is 3. The topological polar surface area (TPSA) is 110 Å². The maximum atomic E-state index is 12.8. The molecule has 2 N–H and O–H groups in total. The highest BCUT2D eigenvalue weighted by Crippen LogP contribution is 2.31. The van der Waals surface area contributed by atoms with Crippen molar-refractivity contribution in [2.24, 2.45) is 0 Å². The first-order valence-electron chi connectivity index (χ1n) is 7.95. The summed E-state index contributed by atoms with van der Waals surface area (Å²) in [6.45, 7) is 1.39. The molecule has 0 bridgehead atoms. The molecule has 0 saturated heterocycles. The number of pyridine rings is 1. The molecule has 0 aliphatic heterocycles. The van der Waals surface area contributed by atoms with E-state index in [0.717, 1.165) is 0 Å². The zero-order valence-corrected chi connectivity index (χ0v) is 14.0. The number of ketones is 1. The molecule has 7 nitrogen and oxygen atoms in total. The molecule has 132 valence electrons. The van der Waals surface area contributed by atoms with Gasteiger partial charge in [-0.1, -0.05) is 0 Å². The summed E-state index contributed by atoms with van der Waals surface area (Å²) in [6, 6.07) is 8.13. The fourth-order valence-electron chi connectivity index (χ4n) is 2.73. The highest BCUT2D eigenvalue weighted by Gasteiger charge is 2.22. The van der Waals surface area contributed by atoms with Gasteiger partial charge in [0.15, 0.2) is 5.76 Å². The lowest BCUT2D eigenvalue weighted by molar-refractivity contribution is -0.137. The smallest absolute Gasteiger partial charge is 0.303 e. The molecule has 2 aromatic heterocycles. The summed E-state index contributed by atoms with van der Waals surface area (Å²) in [5.41, 5.74) is 1.91. The molecule has 3 aromatic rings. The molecule has 0 spiro atoms. The van der Waals surface area contributed by atoms with Crippen LogP contribution in [-0.4, -0.2) is 27.8 Å². The number of aryl methyl sites for hydroxylation is 1. The van der Waals surface area contributed by atoms with E-state index in [1.165, 1.54) is 19.3 Å². The van der Waals surface area contributed by atoms with E-state index < -0.39 is 5.97 Å². The number of fused-ring (bicyclic) bond motifs is 1. The molecule has 26 heavy (non-hydrogen) atoms. The van der Waals surface area contributed by atoms with Crippen LogP contribution in [0.15, 0.2) is 47.1 Å². The molecule has 0 saturated carbocycles. The summed E-state index contributed by atoms with van der Waals surface area (Å²) in [5, 5.41) is 12.3. The number of rotatable bonds is 6. The Labute approximate surface area is 148 Å². The van der Waals surface area contributed by atoms with Crippen molar-refractivity contribution in [1.82, 2.24) is 4.98 Å². The van der Waals surface area contributed by atoms with Crippen LogP contribution in [-0.2, 0) is 16.0 Å². The Hall–Kier alpha value is -3.48. The van der Waals surface area contributed by atoms with E-state index in [1.807, 2.05) is 0 Å². The number of benzene rings is 1. The molecule has 0 aliphatic carbocycles. The summed E-state index contributed by atoms with van der Waals surface area (Å²) in [4.78, 5) is 39.0. The molecule has 0 radical (unpaired) electrons. The Balaban J connectivity index is 2.11. The predicted molar refractivity (Wildman–Crippen MR) is 94.1 cm³/mol. The van der Waals surface area contributed by atoms with Gasteiger partial charge in [-0.15, -0.1) is 0 Å². The van der Waals surface area contributed by atoms with E-state index >= 15 is 0 Å². The van der Waals surface area contributed by atoms with Crippen LogP contribution >= 0.6 is 0 Å². The number of anilines is 1. The van der Waals surface area contributed by atoms with Crippen molar-refractivity contribution in [2.75, 3.05) is 5.32 Å². The molecule has 3 rings (SSSR count). The van der Waals surface area contributed by atoms with Crippen molar-refractivity contribution >= 4 is 34.3 Å². The number of hydrogen-bond acceptors (Lipinski definition) is 5. The van der Waals surface area contributed by atoms with Gasteiger partial charge in [0.2, 0.25) is 11.7 Å². The largest absolute Gasteiger partial charge is 0.481 e. The zero-order chi connectivity index (χ0) is 18.7. The van der Waals surface area contributed by atoms with Crippen LogP contribution in [0.3, 0.4) is 0 Å². The minimum atomic E-state index is -0.973. The lowest BCUT2D eigenvalue weighted by Gasteiger charge is -2.03. The third kappa shape index (κ3) is 3.61. The van der Waals surface area contributed by atoms with E-state index in [2.05, 4.69) is 10.3 Å². The molecule has 0 fully saturated rings. The van der Waals surface area contributed by atoms with Crippen molar-refractivity contribution < 1.29 is 23.9 Å². The van der Waals surface area contributed by atoms with Gasteiger partial charge in [-0.25, -0.2) is 0 Å². The van der Waals surface area contributed by atoms with E-state index in [0.29, 0.717) is 27.8 Å². The average molecular weight is 352 g/mol. The third-order valence-electron chi connectivity index (χ3n) is 3.85. The molecular formula is C19H16N2O5. The molecular weight excluding hydrogens is 336 g/mol. The molecule has 1 aromatic carbocycles. The van der Waals surface area contributed by atoms with Crippen LogP contribution in [0.25, 0.3) is 11.0 Å². The van der Waals surface area contributed by atoms with Crippen LogP contribution < -0.4 is 5.32 Å². The number of aliphatic carboxylic acids is 1. The van der Waals surface area contributed by atoms with E-state index in [1.54, 1.807) is 30.3 Å². The normalized spacial score (nSPS) is 10.7. The van der Waals surface area contributed by atoms with Crippen molar-refractivity contribution in [3.8, 4) is 0 Å². The molecule has 0 unspecified atom stereocenters. The molecule has 0 aliphatic rings.